The molecule has 0 N–H and O–H groups in total. The van der Waals surface area contributed by atoms with Crippen molar-refractivity contribution in [1.29, 1.82) is 0 Å². The monoisotopic (exact) mass is 343 g/mol. The van der Waals surface area contributed by atoms with E-state index in [-0.39, 0.29) is 11.7 Å². The summed E-state index contributed by atoms with van der Waals surface area (Å²) in [5.74, 6) is 0.509. The summed E-state index contributed by atoms with van der Waals surface area (Å²) < 4.78 is 6.57. The molecule has 0 radical (unpaired) electrons. The Hall–Kier alpha value is -0.660. The highest BCUT2D eigenvalue weighted by Crippen LogP contribution is 2.43. The van der Waals surface area contributed by atoms with Gasteiger partial charge in [-0.15, -0.1) is 11.3 Å². The summed E-state index contributed by atoms with van der Waals surface area (Å²) in [6.07, 6.45) is 2.04. The number of nitrogens with zero attached hydrogens (tertiary/aromatic N) is 3. The number of hydrogen-bond acceptors (Lipinski definition) is 5. The van der Waals surface area contributed by atoms with Crippen LogP contribution < -0.4 is 4.90 Å². The van der Waals surface area contributed by atoms with E-state index in [0.717, 1.165) is 42.2 Å². The van der Waals surface area contributed by atoms with Crippen molar-refractivity contribution in [3.05, 3.63) is 9.98 Å². The van der Waals surface area contributed by atoms with Crippen LogP contribution in [0, 0.1) is 5.92 Å². The number of anilines is 1. The van der Waals surface area contributed by atoms with E-state index in [4.69, 9.17) is 4.74 Å². The maximum absolute atomic E-state index is 12.2. The zero-order valence-electron chi connectivity index (χ0n) is 10.3. The fourth-order valence-corrected chi connectivity index (χ4v) is 4.77. The lowest BCUT2D eigenvalue weighted by Crippen LogP contribution is -2.61. The Bertz CT molecular complexity index is 529. The number of ether oxygens (including phenoxy) is 1. The Labute approximate surface area is 123 Å². The second-order valence-corrected chi connectivity index (χ2v) is 7.17. The molecule has 7 heteroatoms. The summed E-state index contributed by atoms with van der Waals surface area (Å²) in [4.78, 5) is 20.6. The quantitative estimate of drug-likeness (QED) is 0.785. The highest BCUT2D eigenvalue weighted by atomic mass is 79.9. The van der Waals surface area contributed by atoms with Crippen LogP contribution in [-0.4, -0.2) is 47.8 Å². The maximum Gasteiger partial charge on any atom is 0.416 e. The highest BCUT2D eigenvalue weighted by Gasteiger charge is 2.56. The predicted molar refractivity (Wildman–Crippen MR) is 75.5 cm³/mol. The molecular formula is C12H14BrN3O2S. The largest absolute Gasteiger partial charge is 0.439 e. The molecule has 1 atom stereocenters. The second-order valence-electron chi connectivity index (χ2n) is 5.52. The van der Waals surface area contributed by atoms with Crippen LogP contribution in [0.2, 0.25) is 0 Å². The average molecular weight is 344 g/mol. The first kappa shape index (κ1) is 12.1. The molecule has 5 nitrogen and oxygen atoms in total. The van der Waals surface area contributed by atoms with Crippen molar-refractivity contribution in [2.24, 2.45) is 5.92 Å². The van der Waals surface area contributed by atoms with Gasteiger partial charge in [0.1, 0.15) is 10.2 Å². The van der Waals surface area contributed by atoms with Gasteiger partial charge in [0, 0.05) is 17.8 Å². The molecule has 4 aliphatic rings. The smallest absolute Gasteiger partial charge is 0.416 e. The molecule has 0 saturated carbocycles. The number of aromatic nitrogens is 1. The molecule has 102 valence electrons. The van der Waals surface area contributed by atoms with Gasteiger partial charge in [-0.1, -0.05) is 0 Å². The minimum Gasteiger partial charge on any atom is -0.439 e. The summed E-state index contributed by atoms with van der Waals surface area (Å²) in [6, 6.07) is 0. The van der Waals surface area contributed by atoms with Gasteiger partial charge >= 0.3 is 6.09 Å². The molecule has 19 heavy (non-hydrogen) atoms. The predicted octanol–water partition coefficient (Wildman–Crippen LogP) is 2.33. The molecule has 1 spiro atoms. The van der Waals surface area contributed by atoms with E-state index >= 15 is 0 Å². The van der Waals surface area contributed by atoms with Gasteiger partial charge in [-0.25, -0.2) is 14.7 Å². The van der Waals surface area contributed by atoms with Crippen molar-refractivity contribution in [1.82, 2.24) is 9.88 Å². The van der Waals surface area contributed by atoms with Crippen molar-refractivity contribution in [2.45, 2.75) is 18.4 Å². The lowest BCUT2D eigenvalue weighted by molar-refractivity contribution is -0.0881. The van der Waals surface area contributed by atoms with E-state index in [9.17, 15) is 4.79 Å². The number of carbonyl (C=O) groups excluding carboxylic acids is 1. The van der Waals surface area contributed by atoms with Crippen LogP contribution in [0.1, 0.15) is 12.8 Å². The Morgan fingerprint density at radius 1 is 1.42 bits per heavy atom. The lowest BCUT2D eigenvalue weighted by Gasteiger charge is -2.49. The molecule has 5 heterocycles. The van der Waals surface area contributed by atoms with Crippen molar-refractivity contribution in [3.63, 3.8) is 0 Å². The molecule has 1 amide bonds. The Kier molecular flexibility index (Phi) is 2.65. The topological polar surface area (TPSA) is 45.7 Å². The van der Waals surface area contributed by atoms with Gasteiger partial charge in [-0.2, -0.15) is 0 Å². The molecule has 0 aliphatic carbocycles. The first-order valence-corrected chi connectivity index (χ1v) is 8.17. The number of fused-ring (bicyclic) bond motifs is 2. The molecule has 1 aromatic rings. The van der Waals surface area contributed by atoms with Crippen LogP contribution in [0.5, 0.6) is 0 Å². The molecule has 1 unspecified atom stereocenters. The van der Waals surface area contributed by atoms with E-state index in [1.165, 1.54) is 11.3 Å². The van der Waals surface area contributed by atoms with Crippen molar-refractivity contribution in [2.75, 3.05) is 31.1 Å². The fraction of sp³-hybridized carbons (Fsp3) is 0.667. The van der Waals surface area contributed by atoms with Crippen LogP contribution >= 0.6 is 27.3 Å². The molecule has 2 bridgehead atoms. The standard InChI is InChI=1S/C12H14BrN3O2S/c13-9-5-19-10(14-9)16-7-12(18-11(16)17)6-15-3-1-8(12)2-4-15/h5,8H,1-4,6-7H2. The van der Waals surface area contributed by atoms with Gasteiger partial charge in [-0.05, 0) is 41.9 Å². The third-order valence-electron chi connectivity index (χ3n) is 4.45. The van der Waals surface area contributed by atoms with Crippen LogP contribution in [-0.2, 0) is 4.74 Å². The number of hydrogen-bond donors (Lipinski definition) is 0. The van der Waals surface area contributed by atoms with Gasteiger partial charge in [0.15, 0.2) is 5.13 Å². The van der Waals surface area contributed by atoms with Gasteiger partial charge in [-0.3, -0.25) is 4.90 Å². The first-order chi connectivity index (χ1) is 9.16. The Morgan fingerprint density at radius 3 is 2.79 bits per heavy atom. The van der Waals surface area contributed by atoms with Crippen LogP contribution in [0.4, 0.5) is 9.93 Å². The van der Waals surface area contributed by atoms with E-state index in [0.29, 0.717) is 12.5 Å². The summed E-state index contributed by atoms with van der Waals surface area (Å²) in [6.45, 7) is 3.82. The number of carbonyl (C=O) groups is 1. The number of halogens is 1. The highest BCUT2D eigenvalue weighted by molar-refractivity contribution is 9.10. The third-order valence-corrected chi connectivity index (χ3v) is 6.03. The summed E-state index contributed by atoms with van der Waals surface area (Å²) >= 11 is 4.80. The zero-order valence-corrected chi connectivity index (χ0v) is 12.7. The minimum atomic E-state index is -0.300. The summed E-state index contributed by atoms with van der Waals surface area (Å²) in [7, 11) is 0. The van der Waals surface area contributed by atoms with Gasteiger partial charge in [0.2, 0.25) is 0 Å². The number of thiazole rings is 1. The van der Waals surface area contributed by atoms with E-state index in [1.54, 1.807) is 4.90 Å². The van der Waals surface area contributed by atoms with Gasteiger partial charge < -0.3 is 4.74 Å². The molecule has 0 aromatic carbocycles. The maximum atomic E-state index is 12.2. The normalized spacial score (nSPS) is 37.1. The van der Waals surface area contributed by atoms with E-state index in [2.05, 4.69) is 25.8 Å². The Balaban J connectivity index is 1.63. The molecule has 4 aliphatic heterocycles. The number of rotatable bonds is 1. The minimum absolute atomic E-state index is 0.240. The van der Waals surface area contributed by atoms with Crippen LogP contribution in [0.25, 0.3) is 0 Å². The van der Waals surface area contributed by atoms with Crippen molar-refractivity contribution in [3.8, 4) is 0 Å². The summed E-state index contributed by atoms with van der Waals surface area (Å²) in [5.41, 5.74) is -0.300. The van der Waals surface area contributed by atoms with E-state index in [1.807, 2.05) is 5.38 Å². The average Bonchev–Trinajstić information content (AvgIpc) is 2.95. The van der Waals surface area contributed by atoms with Crippen molar-refractivity contribution >= 4 is 38.5 Å². The molecule has 4 fully saturated rings. The molecule has 1 aromatic heterocycles. The van der Waals surface area contributed by atoms with Crippen molar-refractivity contribution < 1.29 is 9.53 Å². The SMILES string of the molecule is O=C1OC2(CN3CCC2CC3)CN1c1nc(Br)cs1. The van der Waals surface area contributed by atoms with Crippen LogP contribution in [0.3, 0.4) is 0 Å². The second kappa shape index (κ2) is 4.17. The Morgan fingerprint density at radius 2 is 2.21 bits per heavy atom. The number of amides is 1. The molecule has 5 rings (SSSR count). The lowest BCUT2D eigenvalue weighted by atomic mass is 9.75. The fourth-order valence-electron chi connectivity index (χ4n) is 3.53. The van der Waals surface area contributed by atoms with Crippen LogP contribution in [0.15, 0.2) is 9.98 Å². The van der Waals surface area contributed by atoms with Gasteiger partial charge in [0.05, 0.1) is 6.54 Å². The van der Waals surface area contributed by atoms with Gasteiger partial charge in [0.25, 0.3) is 0 Å². The number of piperidine rings is 3. The third kappa shape index (κ3) is 1.82. The van der Waals surface area contributed by atoms with E-state index < -0.39 is 0 Å². The molecular weight excluding hydrogens is 330 g/mol. The summed E-state index contributed by atoms with van der Waals surface area (Å²) in [5, 5.41) is 2.62. The zero-order chi connectivity index (χ0) is 13.0. The first-order valence-electron chi connectivity index (χ1n) is 6.50. The molecule has 4 saturated heterocycles.